The number of nitrogens with zero attached hydrogens (tertiary/aromatic N) is 2. The molecule has 0 radical (unpaired) electrons. The zero-order valence-electron chi connectivity index (χ0n) is 14.1. The number of benzene rings is 1. The standard InChI is InChI=1S/C20H22N4O/c25-20(23-17-7-10-19-21-12-13-24(19)14-17)11-8-16-6-9-18(22-16)15-4-2-1-3-5-15/h1-6,9,12-13,17,22H,7-8,10-11,14H2,(H,23,25)/t17-/m1/s1. The molecule has 5 heteroatoms. The molecule has 3 aromatic rings. The van der Waals surface area contributed by atoms with Crippen molar-refractivity contribution in [3.8, 4) is 11.3 Å². The Hall–Kier alpha value is -2.82. The molecule has 1 aliphatic rings. The van der Waals surface area contributed by atoms with Gasteiger partial charge in [-0.2, -0.15) is 0 Å². The molecule has 0 aliphatic carbocycles. The van der Waals surface area contributed by atoms with E-state index in [1.807, 2.05) is 30.6 Å². The molecular weight excluding hydrogens is 312 g/mol. The Bertz CT molecular complexity index is 849. The molecule has 1 aliphatic heterocycles. The Morgan fingerprint density at radius 1 is 1.24 bits per heavy atom. The largest absolute Gasteiger partial charge is 0.358 e. The third kappa shape index (κ3) is 3.65. The minimum atomic E-state index is 0.115. The van der Waals surface area contributed by atoms with Gasteiger partial charge in [-0.3, -0.25) is 4.79 Å². The number of aromatic amines is 1. The van der Waals surface area contributed by atoms with Gasteiger partial charge >= 0.3 is 0 Å². The molecule has 0 saturated carbocycles. The van der Waals surface area contributed by atoms with Crippen LogP contribution >= 0.6 is 0 Å². The van der Waals surface area contributed by atoms with Crippen LogP contribution in [0.4, 0.5) is 0 Å². The van der Waals surface area contributed by atoms with Crippen LogP contribution < -0.4 is 5.32 Å². The summed E-state index contributed by atoms with van der Waals surface area (Å²) < 4.78 is 2.13. The number of rotatable bonds is 5. The van der Waals surface area contributed by atoms with Gasteiger partial charge in [0, 0.05) is 49.2 Å². The highest BCUT2D eigenvalue weighted by Gasteiger charge is 2.20. The molecule has 25 heavy (non-hydrogen) atoms. The van der Waals surface area contributed by atoms with Gasteiger partial charge in [-0.15, -0.1) is 0 Å². The van der Waals surface area contributed by atoms with Gasteiger partial charge in [0.25, 0.3) is 0 Å². The number of aromatic nitrogens is 3. The number of fused-ring (bicyclic) bond motifs is 1. The monoisotopic (exact) mass is 334 g/mol. The molecule has 5 nitrogen and oxygen atoms in total. The number of aryl methyl sites for hydroxylation is 2. The van der Waals surface area contributed by atoms with Crippen LogP contribution in [0.25, 0.3) is 11.3 Å². The zero-order valence-corrected chi connectivity index (χ0v) is 14.1. The van der Waals surface area contributed by atoms with Gasteiger partial charge in [0.15, 0.2) is 0 Å². The maximum absolute atomic E-state index is 12.3. The van der Waals surface area contributed by atoms with E-state index in [4.69, 9.17) is 0 Å². The molecule has 1 aromatic carbocycles. The first-order valence-electron chi connectivity index (χ1n) is 8.80. The fourth-order valence-corrected chi connectivity index (χ4v) is 3.40. The van der Waals surface area contributed by atoms with Crippen molar-refractivity contribution in [1.82, 2.24) is 19.9 Å². The van der Waals surface area contributed by atoms with Crippen molar-refractivity contribution in [2.24, 2.45) is 0 Å². The van der Waals surface area contributed by atoms with Gasteiger partial charge in [-0.05, 0) is 30.5 Å². The maximum Gasteiger partial charge on any atom is 0.220 e. The van der Waals surface area contributed by atoms with Crippen molar-refractivity contribution in [3.05, 3.63) is 66.4 Å². The van der Waals surface area contributed by atoms with E-state index in [0.717, 1.165) is 48.6 Å². The summed E-state index contributed by atoms with van der Waals surface area (Å²) in [4.78, 5) is 20.0. The van der Waals surface area contributed by atoms with E-state index < -0.39 is 0 Å². The third-order valence-corrected chi connectivity index (χ3v) is 4.75. The second kappa shape index (κ2) is 6.97. The fraction of sp³-hybridized carbons (Fsp3) is 0.300. The number of amides is 1. The molecule has 0 unspecified atom stereocenters. The zero-order chi connectivity index (χ0) is 17.1. The van der Waals surface area contributed by atoms with E-state index in [0.29, 0.717) is 6.42 Å². The number of carbonyl (C=O) groups is 1. The predicted octanol–water partition coefficient (Wildman–Crippen LogP) is 2.94. The second-order valence-electron chi connectivity index (χ2n) is 6.56. The van der Waals surface area contributed by atoms with Crippen LogP contribution in [-0.2, 0) is 24.2 Å². The lowest BCUT2D eigenvalue weighted by Gasteiger charge is -2.24. The SMILES string of the molecule is O=C(CCc1ccc(-c2ccccc2)[nH]1)N[C@@H]1CCc2nccn2C1. The van der Waals surface area contributed by atoms with Gasteiger partial charge in [0.2, 0.25) is 5.91 Å². The highest BCUT2D eigenvalue weighted by Crippen LogP contribution is 2.18. The Balaban J connectivity index is 1.29. The number of H-pyrrole nitrogens is 1. The van der Waals surface area contributed by atoms with E-state index in [2.05, 4.69) is 44.1 Å². The number of nitrogens with one attached hydrogen (secondary N) is 2. The summed E-state index contributed by atoms with van der Waals surface area (Å²) in [7, 11) is 0. The Labute approximate surface area is 147 Å². The molecule has 4 rings (SSSR count). The number of carbonyl (C=O) groups excluding carboxylic acids is 1. The summed E-state index contributed by atoms with van der Waals surface area (Å²) in [6, 6.07) is 14.6. The lowest BCUT2D eigenvalue weighted by Crippen LogP contribution is -2.40. The van der Waals surface area contributed by atoms with Gasteiger partial charge in [-0.25, -0.2) is 4.98 Å². The molecule has 1 atom stereocenters. The summed E-state index contributed by atoms with van der Waals surface area (Å²) in [5.74, 6) is 1.23. The quantitative estimate of drug-likeness (QED) is 0.753. The first kappa shape index (κ1) is 15.7. The molecule has 0 fully saturated rings. The van der Waals surface area contributed by atoms with Crippen LogP contribution in [0.15, 0.2) is 54.9 Å². The number of hydrogen-bond acceptors (Lipinski definition) is 2. The fourth-order valence-electron chi connectivity index (χ4n) is 3.40. The van der Waals surface area contributed by atoms with Gasteiger partial charge < -0.3 is 14.9 Å². The van der Waals surface area contributed by atoms with Gasteiger partial charge in [-0.1, -0.05) is 30.3 Å². The molecule has 2 aromatic heterocycles. The summed E-state index contributed by atoms with van der Waals surface area (Å²) in [5.41, 5.74) is 3.35. The van der Waals surface area contributed by atoms with Crippen LogP contribution in [0.3, 0.4) is 0 Å². The van der Waals surface area contributed by atoms with Crippen molar-refractivity contribution in [1.29, 1.82) is 0 Å². The van der Waals surface area contributed by atoms with Crippen molar-refractivity contribution in [3.63, 3.8) is 0 Å². The summed E-state index contributed by atoms with van der Waals surface area (Å²) in [6.45, 7) is 0.821. The average molecular weight is 334 g/mol. The summed E-state index contributed by atoms with van der Waals surface area (Å²) in [6.07, 6.45) is 6.93. The molecule has 0 bridgehead atoms. The van der Waals surface area contributed by atoms with Crippen molar-refractivity contribution in [2.45, 2.75) is 38.3 Å². The van der Waals surface area contributed by atoms with Crippen molar-refractivity contribution < 1.29 is 4.79 Å². The van der Waals surface area contributed by atoms with Crippen LogP contribution in [0.2, 0.25) is 0 Å². The number of imidazole rings is 1. The molecule has 0 spiro atoms. The topological polar surface area (TPSA) is 62.7 Å². The first-order valence-corrected chi connectivity index (χ1v) is 8.80. The summed E-state index contributed by atoms with van der Waals surface area (Å²) >= 11 is 0. The minimum Gasteiger partial charge on any atom is -0.358 e. The highest BCUT2D eigenvalue weighted by molar-refractivity contribution is 5.76. The predicted molar refractivity (Wildman–Crippen MR) is 97.0 cm³/mol. The lowest BCUT2D eigenvalue weighted by molar-refractivity contribution is -0.122. The molecule has 1 amide bonds. The molecule has 128 valence electrons. The second-order valence-corrected chi connectivity index (χ2v) is 6.56. The Morgan fingerprint density at radius 3 is 3.00 bits per heavy atom. The van der Waals surface area contributed by atoms with Crippen LogP contribution in [0.1, 0.15) is 24.4 Å². The summed E-state index contributed by atoms with van der Waals surface area (Å²) in [5, 5.41) is 3.16. The van der Waals surface area contributed by atoms with E-state index in [1.54, 1.807) is 0 Å². The van der Waals surface area contributed by atoms with Crippen molar-refractivity contribution >= 4 is 5.91 Å². The van der Waals surface area contributed by atoms with Gasteiger partial charge in [0.1, 0.15) is 5.82 Å². The maximum atomic E-state index is 12.3. The van der Waals surface area contributed by atoms with Gasteiger partial charge in [0.05, 0.1) is 0 Å². The normalized spacial score (nSPS) is 16.4. The minimum absolute atomic E-state index is 0.115. The van der Waals surface area contributed by atoms with E-state index in [1.165, 1.54) is 0 Å². The average Bonchev–Trinajstić information content (AvgIpc) is 3.30. The van der Waals surface area contributed by atoms with E-state index >= 15 is 0 Å². The van der Waals surface area contributed by atoms with Crippen molar-refractivity contribution in [2.75, 3.05) is 0 Å². The smallest absolute Gasteiger partial charge is 0.220 e. The molecular formula is C20H22N4O. The lowest BCUT2D eigenvalue weighted by atomic mass is 10.1. The highest BCUT2D eigenvalue weighted by atomic mass is 16.1. The Kier molecular flexibility index (Phi) is 4.37. The van der Waals surface area contributed by atoms with E-state index in [-0.39, 0.29) is 11.9 Å². The number of hydrogen-bond donors (Lipinski definition) is 2. The van der Waals surface area contributed by atoms with Crippen LogP contribution in [0.5, 0.6) is 0 Å². The molecule has 0 saturated heterocycles. The molecule has 3 heterocycles. The Morgan fingerprint density at radius 2 is 2.12 bits per heavy atom. The first-order chi connectivity index (χ1) is 12.3. The van der Waals surface area contributed by atoms with E-state index in [9.17, 15) is 4.79 Å². The molecule has 2 N–H and O–H groups in total. The van der Waals surface area contributed by atoms with Crippen LogP contribution in [0, 0.1) is 0 Å². The third-order valence-electron chi connectivity index (χ3n) is 4.75. The van der Waals surface area contributed by atoms with Crippen LogP contribution in [-0.4, -0.2) is 26.5 Å².